The Morgan fingerprint density at radius 3 is 2.96 bits per heavy atom. The Balaban J connectivity index is 1.46. The van der Waals surface area contributed by atoms with Crippen molar-refractivity contribution >= 4 is 11.6 Å². The summed E-state index contributed by atoms with van der Waals surface area (Å²) in [6.45, 7) is 3.56. The lowest BCUT2D eigenvalue weighted by atomic mass is 10.0. The summed E-state index contributed by atoms with van der Waals surface area (Å²) >= 11 is 5.77. The van der Waals surface area contributed by atoms with Crippen LogP contribution >= 0.6 is 11.6 Å². The number of nitrogens with zero attached hydrogens (tertiary/aromatic N) is 4. The summed E-state index contributed by atoms with van der Waals surface area (Å²) in [4.78, 5) is 14.3. The summed E-state index contributed by atoms with van der Waals surface area (Å²) < 4.78 is 13.7. The Kier molecular flexibility index (Phi) is 5.20. The van der Waals surface area contributed by atoms with Gasteiger partial charge in [-0.25, -0.2) is 14.4 Å². The highest BCUT2D eigenvalue weighted by Gasteiger charge is 2.25. The van der Waals surface area contributed by atoms with Gasteiger partial charge in [0.25, 0.3) is 0 Å². The Bertz CT molecular complexity index is 797. The van der Waals surface area contributed by atoms with E-state index >= 15 is 0 Å². The van der Waals surface area contributed by atoms with Crippen molar-refractivity contribution in [3.63, 3.8) is 0 Å². The van der Waals surface area contributed by atoms with Crippen LogP contribution in [0.2, 0.25) is 5.02 Å². The van der Waals surface area contributed by atoms with Crippen LogP contribution < -0.4 is 0 Å². The third-order valence-corrected chi connectivity index (χ3v) is 5.80. The van der Waals surface area contributed by atoms with Crippen LogP contribution in [0.3, 0.4) is 0 Å². The van der Waals surface area contributed by atoms with Crippen molar-refractivity contribution < 1.29 is 4.39 Å². The van der Waals surface area contributed by atoms with Crippen molar-refractivity contribution in [2.75, 3.05) is 20.1 Å². The molecule has 6 heteroatoms. The SMILES string of the molecule is CN1CCCC[C@@H]1c1ncc2c(n1)CCN(Cc1ccc(Cl)c(F)c1)C2. The fraction of sp³-hybridized carbons (Fsp3) is 0.500. The molecule has 1 atom stereocenters. The van der Waals surface area contributed by atoms with Crippen LogP contribution in [0.25, 0.3) is 0 Å². The lowest BCUT2D eigenvalue weighted by Gasteiger charge is -2.32. The zero-order chi connectivity index (χ0) is 18.1. The highest BCUT2D eigenvalue weighted by molar-refractivity contribution is 6.30. The second kappa shape index (κ2) is 7.59. The predicted octanol–water partition coefficient (Wildman–Crippen LogP) is 3.98. The molecule has 0 N–H and O–H groups in total. The van der Waals surface area contributed by atoms with Gasteiger partial charge in [-0.3, -0.25) is 9.80 Å². The van der Waals surface area contributed by atoms with E-state index in [1.54, 1.807) is 6.07 Å². The van der Waals surface area contributed by atoms with Gasteiger partial charge in [0, 0.05) is 43.5 Å². The molecule has 0 amide bonds. The molecule has 0 unspecified atom stereocenters. The van der Waals surface area contributed by atoms with Crippen molar-refractivity contribution in [1.29, 1.82) is 0 Å². The van der Waals surface area contributed by atoms with Crippen LogP contribution in [0.1, 0.15) is 47.9 Å². The van der Waals surface area contributed by atoms with Crippen LogP contribution in [0.5, 0.6) is 0 Å². The maximum atomic E-state index is 13.7. The number of fused-ring (bicyclic) bond motifs is 1. The van der Waals surface area contributed by atoms with Crippen molar-refractivity contribution in [1.82, 2.24) is 19.8 Å². The number of rotatable bonds is 3. The first-order valence-electron chi connectivity index (χ1n) is 9.31. The van der Waals surface area contributed by atoms with Gasteiger partial charge in [0.05, 0.1) is 11.1 Å². The average Bonchev–Trinajstić information content (AvgIpc) is 2.65. The molecule has 138 valence electrons. The first-order chi connectivity index (χ1) is 12.6. The van der Waals surface area contributed by atoms with E-state index in [2.05, 4.69) is 21.8 Å². The van der Waals surface area contributed by atoms with Gasteiger partial charge in [-0.1, -0.05) is 24.1 Å². The van der Waals surface area contributed by atoms with Crippen LogP contribution in [0.4, 0.5) is 4.39 Å². The first kappa shape index (κ1) is 17.8. The molecule has 2 aliphatic heterocycles. The largest absolute Gasteiger partial charge is 0.296 e. The van der Waals surface area contributed by atoms with Crippen molar-refractivity contribution in [2.24, 2.45) is 0 Å². The van der Waals surface area contributed by atoms with E-state index in [1.807, 2.05) is 12.3 Å². The van der Waals surface area contributed by atoms with E-state index in [1.165, 1.54) is 30.2 Å². The summed E-state index contributed by atoms with van der Waals surface area (Å²) in [5.41, 5.74) is 3.30. The molecule has 4 nitrogen and oxygen atoms in total. The summed E-state index contributed by atoms with van der Waals surface area (Å²) in [6.07, 6.45) is 6.56. The van der Waals surface area contributed by atoms with E-state index in [9.17, 15) is 4.39 Å². The Hall–Kier alpha value is -1.56. The maximum absolute atomic E-state index is 13.7. The Morgan fingerprint density at radius 1 is 1.27 bits per heavy atom. The third-order valence-electron chi connectivity index (χ3n) is 5.49. The van der Waals surface area contributed by atoms with Gasteiger partial charge < -0.3 is 0 Å². The lowest BCUT2D eigenvalue weighted by molar-refractivity contribution is 0.178. The van der Waals surface area contributed by atoms with Crippen LogP contribution in [-0.2, 0) is 19.5 Å². The van der Waals surface area contributed by atoms with E-state index in [-0.39, 0.29) is 10.8 Å². The van der Waals surface area contributed by atoms with Crippen molar-refractivity contribution in [3.05, 3.63) is 57.9 Å². The van der Waals surface area contributed by atoms with Gasteiger partial charge in [0.15, 0.2) is 0 Å². The molecule has 1 saturated heterocycles. The molecule has 0 bridgehead atoms. The fourth-order valence-electron chi connectivity index (χ4n) is 3.98. The minimum atomic E-state index is -0.355. The quantitative estimate of drug-likeness (QED) is 0.813. The lowest BCUT2D eigenvalue weighted by Crippen LogP contribution is -2.33. The molecule has 0 radical (unpaired) electrons. The number of hydrogen-bond donors (Lipinski definition) is 0. The van der Waals surface area contributed by atoms with Crippen molar-refractivity contribution in [2.45, 2.75) is 44.8 Å². The Morgan fingerprint density at radius 2 is 2.15 bits per heavy atom. The highest BCUT2D eigenvalue weighted by atomic mass is 35.5. The van der Waals surface area contributed by atoms with Gasteiger partial charge in [-0.15, -0.1) is 0 Å². The molecule has 1 aromatic heterocycles. The monoisotopic (exact) mass is 374 g/mol. The summed E-state index contributed by atoms with van der Waals surface area (Å²) in [6, 6.07) is 5.39. The number of halogens is 2. The molecule has 26 heavy (non-hydrogen) atoms. The molecule has 2 aliphatic rings. The predicted molar refractivity (Wildman–Crippen MR) is 100 cm³/mol. The second-order valence-corrected chi connectivity index (χ2v) is 7.81. The molecule has 2 aromatic rings. The highest BCUT2D eigenvalue weighted by Crippen LogP contribution is 2.28. The van der Waals surface area contributed by atoms with E-state index in [0.717, 1.165) is 43.9 Å². The maximum Gasteiger partial charge on any atom is 0.145 e. The molecule has 0 aliphatic carbocycles. The fourth-order valence-corrected chi connectivity index (χ4v) is 4.10. The summed E-state index contributed by atoms with van der Waals surface area (Å²) in [5, 5.41) is 0.173. The smallest absolute Gasteiger partial charge is 0.145 e. The minimum absolute atomic E-state index is 0.173. The van der Waals surface area contributed by atoms with Crippen LogP contribution in [-0.4, -0.2) is 39.9 Å². The molecule has 4 rings (SSSR count). The van der Waals surface area contributed by atoms with E-state index in [0.29, 0.717) is 12.6 Å². The van der Waals surface area contributed by atoms with Gasteiger partial charge in [0.2, 0.25) is 0 Å². The van der Waals surface area contributed by atoms with Crippen LogP contribution in [0, 0.1) is 5.82 Å². The number of benzene rings is 1. The summed E-state index contributed by atoms with van der Waals surface area (Å²) in [5.74, 6) is 0.616. The second-order valence-electron chi connectivity index (χ2n) is 7.40. The standard InChI is InChI=1S/C20H24ClFN4/c1-25-8-3-2-4-19(25)20-23-11-15-13-26(9-7-18(15)24-20)12-14-5-6-16(21)17(22)10-14/h5-6,10-11,19H,2-4,7-9,12-13H2,1H3/t19-/m1/s1. The zero-order valence-electron chi connectivity index (χ0n) is 15.1. The van der Waals surface area contributed by atoms with Gasteiger partial charge >= 0.3 is 0 Å². The molecule has 0 spiro atoms. The molecule has 1 aromatic carbocycles. The number of aromatic nitrogens is 2. The van der Waals surface area contributed by atoms with E-state index in [4.69, 9.17) is 16.6 Å². The average molecular weight is 375 g/mol. The summed E-state index contributed by atoms with van der Waals surface area (Å²) in [7, 11) is 2.17. The van der Waals surface area contributed by atoms with Gasteiger partial charge in [-0.2, -0.15) is 0 Å². The topological polar surface area (TPSA) is 32.3 Å². The molecular formula is C20H24ClFN4. The number of likely N-dealkylation sites (tertiary alicyclic amines) is 1. The molecule has 1 fully saturated rings. The molecular weight excluding hydrogens is 351 g/mol. The molecule has 3 heterocycles. The van der Waals surface area contributed by atoms with Crippen molar-refractivity contribution in [3.8, 4) is 0 Å². The van der Waals surface area contributed by atoms with Gasteiger partial charge in [-0.05, 0) is 44.1 Å². The van der Waals surface area contributed by atoms with Gasteiger partial charge in [0.1, 0.15) is 11.6 Å². The number of piperidine rings is 1. The minimum Gasteiger partial charge on any atom is -0.296 e. The zero-order valence-corrected chi connectivity index (χ0v) is 15.8. The normalized spacial score (nSPS) is 21.6. The van der Waals surface area contributed by atoms with Crippen LogP contribution in [0.15, 0.2) is 24.4 Å². The molecule has 0 saturated carbocycles. The van der Waals surface area contributed by atoms with E-state index < -0.39 is 0 Å². The number of hydrogen-bond acceptors (Lipinski definition) is 4. The Labute approximate surface area is 159 Å². The third kappa shape index (κ3) is 3.75. The first-order valence-corrected chi connectivity index (χ1v) is 9.69.